The molecule has 1 saturated carbocycles. The van der Waals surface area contributed by atoms with E-state index in [1.807, 2.05) is 0 Å². The number of rotatable bonds is 1. The second-order valence-electron chi connectivity index (χ2n) is 3.08. The van der Waals surface area contributed by atoms with Crippen molar-refractivity contribution in [2.24, 2.45) is 11.8 Å². The molecule has 1 saturated heterocycles. The molecule has 0 spiro atoms. The predicted molar refractivity (Wildman–Crippen MR) is 33.7 cm³/mol. The third-order valence-corrected chi connectivity index (χ3v) is 2.42. The first-order chi connectivity index (χ1) is 5.18. The Balaban J connectivity index is 2.18. The molecule has 60 valence electrons. The summed E-state index contributed by atoms with van der Waals surface area (Å²) in [5, 5.41) is 8.65. The van der Waals surface area contributed by atoms with Crippen molar-refractivity contribution >= 4 is 11.9 Å². The fourth-order valence-electron chi connectivity index (χ4n) is 1.87. The van der Waals surface area contributed by atoms with E-state index in [0.29, 0.717) is 12.8 Å². The highest BCUT2D eigenvalue weighted by molar-refractivity contribution is 5.84. The lowest BCUT2D eigenvalue weighted by molar-refractivity contribution is -0.158. The predicted octanol–water partition coefficient (Wildman–Crippen LogP) is 0.0226. The Bertz CT molecular complexity index is 222. The van der Waals surface area contributed by atoms with Gasteiger partial charge in [-0.2, -0.15) is 0 Å². The molecule has 2 fully saturated rings. The van der Waals surface area contributed by atoms with Crippen LogP contribution in [0.4, 0.5) is 0 Å². The summed E-state index contributed by atoms with van der Waals surface area (Å²) in [6.07, 6.45) is 0.996. The molecule has 11 heavy (non-hydrogen) atoms. The number of hydrogen-bond donors (Lipinski definition) is 1. The van der Waals surface area contributed by atoms with Crippen molar-refractivity contribution in [3.05, 3.63) is 0 Å². The molecule has 1 aliphatic carbocycles. The number of aliphatic carboxylic acids is 1. The van der Waals surface area contributed by atoms with Crippen LogP contribution in [0, 0.1) is 11.8 Å². The van der Waals surface area contributed by atoms with E-state index in [1.54, 1.807) is 0 Å². The SMILES string of the molecule is O=C(O)[C@@H]1C[C@@H]2C[C@H]1C(=O)O2. The smallest absolute Gasteiger partial charge is 0.310 e. The second-order valence-corrected chi connectivity index (χ2v) is 3.08. The molecule has 0 radical (unpaired) electrons. The summed E-state index contributed by atoms with van der Waals surface area (Å²) in [5.74, 6) is -2.04. The van der Waals surface area contributed by atoms with Gasteiger partial charge in [0.15, 0.2) is 0 Å². The summed E-state index contributed by atoms with van der Waals surface area (Å²) >= 11 is 0. The van der Waals surface area contributed by atoms with E-state index in [1.165, 1.54) is 0 Å². The van der Waals surface area contributed by atoms with Gasteiger partial charge in [-0.15, -0.1) is 0 Å². The number of esters is 1. The van der Waals surface area contributed by atoms with Crippen molar-refractivity contribution in [2.45, 2.75) is 18.9 Å². The molecule has 2 bridgehead atoms. The van der Waals surface area contributed by atoms with Crippen molar-refractivity contribution in [2.75, 3.05) is 0 Å². The molecule has 1 N–H and O–H groups in total. The van der Waals surface area contributed by atoms with Crippen molar-refractivity contribution in [1.82, 2.24) is 0 Å². The standard InChI is InChI=1S/C7H8O4/c8-6(9)4-1-3-2-5(4)7(10)11-3/h3-5H,1-2H2,(H,8,9)/t3-,4-,5-/m1/s1. The molecule has 0 amide bonds. The van der Waals surface area contributed by atoms with Gasteiger partial charge in [0.1, 0.15) is 6.10 Å². The fraction of sp³-hybridized carbons (Fsp3) is 0.714. The minimum Gasteiger partial charge on any atom is -0.481 e. The highest BCUT2D eigenvalue weighted by Gasteiger charge is 2.50. The van der Waals surface area contributed by atoms with Crippen LogP contribution in [0.25, 0.3) is 0 Å². The van der Waals surface area contributed by atoms with Crippen molar-refractivity contribution in [3.63, 3.8) is 0 Å². The Kier molecular flexibility index (Phi) is 1.19. The molecule has 1 aliphatic heterocycles. The average Bonchev–Trinajstić information content (AvgIpc) is 2.43. The van der Waals surface area contributed by atoms with E-state index in [9.17, 15) is 9.59 Å². The van der Waals surface area contributed by atoms with Crippen LogP contribution in [0.15, 0.2) is 0 Å². The van der Waals surface area contributed by atoms with Gasteiger partial charge in [-0.05, 0) is 12.8 Å². The Hall–Kier alpha value is -1.06. The Labute approximate surface area is 63.1 Å². The Morgan fingerprint density at radius 1 is 1.55 bits per heavy atom. The Morgan fingerprint density at radius 2 is 2.27 bits per heavy atom. The molecule has 0 aromatic rings. The quantitative estimate of drug-likeness (QED) is 0.544. The van der Waals surface area contributed by atoms with Gasteiger partial charge in [-0.1, -0.05) is 0 Å². The zero-order chi connectivity index (χ0) is 8.01. The van der Waals surface area contributed by atoms with E-state index in [-0.39, 0.29) is 18.0 Å². The summed E-state index contributed by atoms with van der Waals surface area (Å²) in [5.41, 5.74) is 0. The molecular weight excluding hydrogens is 148 g/mol. The zero-order valence-corrected chi connectivity index (χ0v) is 5.82. The topological polar surface area (TPSA) is 63.6 Å². The van der Waals surface area contributed by atoms with Gasteiger partial charge >= 0.3 is 11.9 Å². The number of carbonyl (C=O) groups is 2. The van der Waals surface area contributed by atoms with Gasteiger partial charge < -0.3 is 9.84 Å². The summed E-state index contributed by atoms with van der Waals surface area (Å²) in [7, 11) is 0. The van der Waals surface area contributed by atoms with Gasteiger partial charge in [0, 0.05) is 0 Å². The minimum atomic E-state index is -0.867. The van der Waals surface area contributed by atoms with E-state index < -0.39 is 11.9 Å². The molecule has 2 rings (SSSR count). The largest absolute Gasteiger partial charge is 0.481 e. The first kappa shape index (κ1) is 6.64. The van der Waals surface area contributed by atoms with Crippen LogP contribution in [0.3, 0.4) is 0 Å². The van der Waals surface area contributed by atoms with Crippen LogP contribution < -0.4 is 0 Å². The summed E-state index contributed by atoms with van der Waals surface area (Å²) < 4.78 is 4.84. The first-order valence-corrected chi connectivity index (χ1v) is 3.62. The van der Waals surface area contributed by atoms with E-state index in [0.717, 1.165) is 0 Å². The Morgan fingerprint density at radius 3 is 2.64 bits per heavy atom. The molecule has 0 unspecified atom stereocenters. The average molecular weight is 156 g/mol. The number of carboxylic acids is 1. The van der Waals surface area contributed by atoms with Crippen molar-refractivity contribution in [3.8, 4) is 0 Å². The lowest BCUT2D eigenvalue weighted by Gasteiger charge is -2.16. The highest BCUT2D eigenvalue weighted by atomic mass is 16.6. The summed E-state index contributed by atoms with van der Waals surface area (Å²) in [4.78, 5) is 21.4. The van der Waals surface area contributed by atoms with Crippen molar-refractivity contribution in [1.29, 1.82) is 0 Å². The lowest BCUT2D eigenvalue weighted by Crippen LogP contribution is -2.28. The van der Waals surface area contributed by atoms with E-state index in [4.69, 9.17) is 9.84 Å². The molecule has 4 heteroatoms. The molecule has 1 heterocycles. The maximum atomic E-state index is 10.9. The monoisotopic (exact) mass is 156 g/mol. The van der Waals surface area contributed by atoms with E-state index in [2.05, 4.69) is 0 Å². The molecule has 0 aromatic carbocycles. The van der Waals surface area contributed by atoms with Crippen LogP contribution >= 0.6 is 0 Å². The summed E-state index contributed by atoms with van der Waals surface area (Å²) in [6, 6.07) is 0. The minimum absolute atomic E-state index is 0.117. The first-order valence-electron chi connectivity index (χ1n) is 3.62. The maximum absolute atomic E-state index is 10.9. The summed E-state index contributed by atoms with van der Waals surface area (Å²) in [6.45, 7) is 0. The van der Waals surface area contributed by atoms with Gasteiger partial charge in [0.05, 0.1) is 11.8 Å². The number of carbonyl (C=O) groups excluding carboxylic acids is 1. The van der Waals surface area contributed by atoms with Crippen LogP contribution in [0.1, 0.15) is 12.8 Å². The lowest BCUT2D eigenvalue weighted by atomic mass is 9.96. The van der Waals surface area contributed by atoms with Crippen LogP contribution in [-0.2, 0) is 14.3 Å². The van der Waals surface area contributed by atoms with Crippen LogP contribution in [0.5, 0.6) is 0 Å². The third-order valence-electron chi connectivity index (χ3n) is 2.42. The van der Waals surface area contributed by atoms with Crippen LogP contribution in [-0.4, -0.2) is 23.1 Å². The second kappa shape index (κ2) is 1.96. The van der Waals surface area contributed by atoms with Gasteiger partial charge in [0.25, 0.3) is 0 Å². The zero-order valence-electron chi connectivity index (χ0n) is 5.82. The fourth-order valence-corrected chi connectivity index (χ4v) is 1.87. The molecule has 4 nitrogen and oxygen atoms in total. The number of ether oxygens (including phenoxy) is 1. The highest BCUT2D eigenvalue weighted by Crippen LogP contribution is 2.40. The van der Waals surface area contributed by atoms with Gasteiger partial charge in [-0.3, -0.25) is 9.59 Å². The number of carboxylic acid groups (broad SMARTS) is 1. The molecule has 0 aromatic heterocycles. The maximum Gasteiger partial charge on any atom is 0.310 e. The molecule has 3 atom stereocenters. The van der Waals surface area contributed by atoms with E-state index >= 15 is 0 Å². The third kappa shape index (κ3) is 0.818. The molecule has 2 aliphatic rings. The normalized spacial score (nSPS) is 40.7. The van der Waals surface area contributed by atoms with Crippen molar-refractivity contribution < 1.29 is 19.4 Å². The van der Waals surface area contributed by atoms with Gasteiger partial charge in [0.2, 0.25) is 0 Å². The number of fused-ring (bicyclic) bond motifs is 2. The molecular formula is C7H8O4. The van der Waals surface area contributed by atoms with Gasteiger partial charge in [-0.25, -0.2) is 0 Å². The number of hydrogen-bond acceptors (Lipinski definition) is 3. The van der Waals surface area contributed by atoms with Crippen LogP contribution in [0.2, 0.25) is 0 Å².